The first-order valence-corrected chi connectivity index (χ1v) is 6.53. The van der Waals surface area contributed by atoms with Crippen molar-refractivity contribution < 1.29 is 4.79 Å². The van der Waals surface area contributed by atoms with Gasteiger partial charge in [0.1, 0.15) is 0 Å². The summed E-state index contributed by atoms with van der Waals surface area (Å²) in [5.41, 5.74) is 0. The van der Waals surface area contributed by atoms with Crippen molar-refractivity contribution in [2.24, 2.45) is 0 Å². The molecule has 0 spiro atoms. The Kier molecular flexibility index (Phi) is 4.04. The highest BCUT2D eigenvalue weighted by Gasteiger charge is 2.20. The third-order valence-corrected chi connectivity index (χ3v) is 3.49. The van der Waals surface area contributed by atoms with E-state index in [4.69, 9.17) is 0 Å². The molecule has 4 heteroatoms. The molecule has 0 aromatic carbocycles. The minimum absolute atomic E-state index is 0.129. The number of likely N-dealkylation sites (tertiary alicyclic amines) is 2. The van der Waals surface area contributed by atoms with Crippen LogP contribution >= 0.6 is 0 Å². The van der Waals surface area contributed by atoms with Gasteiger partial charge in [0.05, 0.1) is 0 Å². The Labute approximate surface area is 98.0 Å². The number of rotatable bonds is 3. The van der Waals surface area contributed by atoms with Crippen LogP contribution in [0.3, 0.4) is 0 Å². The maximum Gasteiger partial charge on any atom is 0.317 e. The van der Waals surface area contributed by atoms with Crippen LogP contribution in [0.15, 0.2) is 0 Å². The topological polar surface area (TPSA) is 35.6 Å². The fourth-order valence-electron chi connectivity index (χ4n) is 2.62. The number of amides is 2. The molecule has 2 fully saturated rings. The first-order chi connectivity index (χ1) is 7.75. The van der Waals surface area contributed by atoms with E-state index in [2.05, 4.69) is 17.1 Å². The van der Waals surface area contributed by atoms with Gasteiger partial charge in [-0.2, -0.15) is 0 Å². The van der Waals surface area contributed by atoms with Crippen LogP contribution in [0.25, 0.3) is 0 Å². The lowest BCUT2D eigenvalue weighted by atomic mass is 10.3. The van der Waals surface area contributed by atoms with E-state index >= 15 is 0 Å². The lowest BCUT2D eigenvalue weighted by molar-refractivity contribution is 0.200. The molecule has 2 saturated heterocycles. The number of hydrogen-bond donors (Lipinski definition) is 1. The maximum atomic E-state index is 11.8. The number of nitrogens with one attached hydrogen (secondary N) is 1. The highest BCUT2D eigenvalue weighted by Crippen LogP contribution is 2.09. The third kappa shape index (κ3) is 3.11. The molecular weight excluding hydrogens is 202 g/mol. The lowest BCUT2D eigenvalue weighted by Crippen LogP contribution is -2.46. The SMILES string of the molecule is CC(CN1CCCC1)NC(=O)N1CCCC1. The van der Waals surface area contributed by atoms with Gasteiger partial charge in [-0.15, -0.1) is 0 Å². The van der Waals surface area contributed by atoms with Gasteiger partial charge < -0.3 is 15.1 Å². The summed E-state index contributed by atoms with van der Waals surface area (Å²) in [6, 6.07) is 0.399. The Morgan fingerprint density at radius 1 is 1.12 bits per heavy atom. The van der Waals surface area contributed by atoms with Gasteiger partial charge in [-0.05, 0) is 45.7 Å². The van der Waals surface area contributed by atoms with E-state index in [0.29, 0.717) is 0 Å². The molecule has 1 N–H and O–H groups in total. The maximum absolute atomic E-state index is 11.8. The zero-order chi connectivity index (χ0) is 11.4. The largest absolute Gasteiger partial charge is 0.334 e. The van der Waals surface area contributed by atoms with Gasteiger partial charge in [-0.3, -0.25) is 0 Å². The number of nitrogens with zero attached hydrogens (tertiary/aromatic N) is 2. The Morgan fingerprint density at radius 2 is 1.69 bits per heavy atom. The Morgan fingerprint density at radius 3 is 2.31 bits per heavy atom. The Hall–Kier alpha value is -0.770. The predicted octanol–water partition coefficient (Wildman–Crippen LogP) is 1.28. The standard InChI is InChI=1S/C12H23N3O/c1-11(10-14-6-2-3-7-14)13-12(16)15-8-4-5-9-15/h11H,2-10H2,1H3,(H,13,16). The van der Waals surface area contributed by atoms with Gasteiger partial charge in [0, 0.05) is 25.7 Å². The smallest absolute Gasteiger partial charge is 0.317 e. The van der Waals surface area contributed by atoms with E-state index < -0.39 is 0 Å². The average Bonchev–Trinajstić information content (AvgIpc) is 2.88. The van der Waals surface area contributed by atoms with E-state index in [9.17, 15) is 4.79 Å². The minimum atomic E-state index is 0.129. The second-order valence-corrected chi connectivity index (χ2v) is 5.05. The van der Waals surface area contributed by atoms with Crippen LogP contribution in [0, 0.1) is 0 Å². The zero-order valence-electron chi connectivity index (χ0n) is 10.2. The van der Waals surface area contributed by atoms with Gasteiger partial charge in [0.25, 0.3) is 0 Å². The molecule has 2 aliphatic heterocycles. The lowest BCUT2D eigenvalue weighted by Gasteiger charge is -2.24. The molecule has 16 heavy (non-hydrogen) atoms. The average molecular weight is 225 g/mol. The van der Waals surface area contributed by atoms with Crippen molar-refractivity contribution in [2.75, 3.05) is 32.7 Å². The van der Waals surface area contributed by atoms with Crippen LogP contribution in [0.2, 0.25) is 0 Å². The summed E-state index contributed by atoms with van der Waals surface area (Å²) in [4.78, 5) is 16.2. The van der Waals surface area contributed by atoms with Gasteiger partial charge in [-0.1, -0.05) is 0 Å². The van der Waals surface area contributed by atoms with Gasteiger partial charge in [0.15, 0.2) is 0 Å². The normalized spacial score (nSPS) is 23.7. The number of carbonyl (C=O) groups is 1. The van der Waals surface area contributed by atoms with Crippen LogP contribution in [0.4, 0.5) is 4.79 Å². The summed E-state index contributed by atoms with van der Waals surface area (Å²) in [6.45, 7) is 7.37. The summed E-state index contributed by atoms with van der Waals surface area (Å²) >= 11 is 0. The zero-order valence-corrected chi connectivity index (χ0v) is 10.2. The van der Waals surface area contributed by atoms with E-state index in [1.54, 1.807) is 0 Å². The van der Waals surface area contributed by atoms with Gasteiger partial charge in [0.2, 0.25) is 0 Å². The molecule has 92 valence electrons. The first-order valence-electron chi connectivity index (χ1n) is 6.53. The second kappa shape index (κ2) is 5.53. The molecule has 0 bridgehead atoms. The van der Waals surface area contributed by atoms with Crippen molar-refractivity contribution in [1.29, 1.82) is 0 Å². The van der Waals surface area contributed by atoms with Crippen molar-refractivity contribution in [1.82, 2.24) is 15.1 Å². The molecule has 1 unspecified atom stereocenters. The van der Waals surface area contributed by atoms with Crippen LogP contribution in [-0.4, -0.2) is 54.6 Å². The van der Waals surface area contributed by atoms with Gasteiger partial charge >= 0.3 is 6.03 Å². The number of hydrogen-bond acceptors (Lipinski definition) is 2. The van der Waals surface area contributed by atoms with Crippen LogP contribution in [0.5, 0.6) is 0 Å². The molecule has 4 nitrogen and oxygen atoms in total. The van der Waals surface area contributed by atoms with E-state index in [1.165, 1.54) is 25.9 Å². The summed E-state index contributed by atoms with van der Waals surface area (Å²) in [5, 5.41) is 3.09. The molecule has 0 radical (unpaired) electrons. The molecule has 0 aromatic heterocycles. The summed E-state index contributed by atoms with van der Waals surface area (Å²) < 4.78 is 0. The van der Waals surface area contributed by atoms with Crippen molar-refractivity contribution in [3.63, 3.8) is 0 Å². The fraction of sp³-hybridized carbons (Fsp3) is 0.917. The van der Waals surface area contributed by atoms with Crippen molar-refractivity contribution in [2.45, 2.75) is 38.6 Å². The first kappa shape index (κ1) is 11.7. The molecule has 2 rings (SSSR count). The number of carbonyl (C=O) groups excluding carboxylic acids is 1. The summed E-state index contributed by atoms with van der Waals surface area (Å²) in [6.07, 6.45) is 4.95. The van der Waals surface area contributed by atoms with Crippen LogP contribution in [-0.2, 0) is 0 Å². The Balaban J connectivity index is 1.68. The van der Waals surface area contributed by atoms with Crippen LogP contribution < -0.4 is 5.32 Å². The number of urea groups is 1. The van der Waals surface area contributed by atoms with Crippen molar-refractivity contribution in [3.8, 4) is 0 Å². The summed E-state index contributed by atoms with van der Waals surface area (Å²) in [5.74, 6) is 0. The molecule has 2 aliphatic rings. The molecule has 2 amide bonds. The van der Waals surface area contributed by atoms with Crippen LogP contribution in [0.1, 0.15) is 32.6 Å². The highest BCUT2D eigenvalue weighted by atomic mass is 16.2. The minimum Gasteiger partial charge on any atom is -0.334 e. The van der Waals surface area contributed by atoms with E-state index in [1.807, 2.05) is 4.90 Å². The molecule has 0 aliphatic carbocycles. The molecular formula is C12H23N3O. The quantitative estimate of drug-likeness (QED) is 0.785. The van der Waals surface area contributed by atoms with Crippen molar-refractivity contribution >= 4 is 6.03 Å². The summed E-state index contributed by atoms with van der Waals surface area (Å²) in [7, 11) is 0. The van der Waals surface area contributed by atoms with E-state index in [0.717, 1.165) is 32.5 Å². The third-order valence-electron chi connectivity index (χ3n) is 3.49. The predicted molar refractivity (Wildman–Crippen MR) is 64.5 cm³/mol. The fourth-order valence-corrected chi connectivity index (χ4v) is 2.62. The molecule has 0 aromatic rings. The molecule has 2 heterocycles. The second-order valence-electron chi connectivity index (χ2n) is 5.05. The molecule has 1 atom stereocenters. The molecule has 0 saturated carbocycles. The van der Waals surface area contributed by atoms with Crippen molar-refractivity contribution in [3.05, 3.63) is 0 Å². The van der Waals surface area contributed by atoms with E-state index in [-0.39, 0.29) is 12.1 Å². The Bertz CT molecular complexity index is 232. The monoisotopic (exact) mass is 225 g/mol. The highest BCUT2D eigenvalue weighted by molar-refractivity contribution is 5.74. The van der Waals surface area contributed by atoms with Gasteiger partial charge in [-0.25, -0.2) is 4.79 Å².